The number of rotatable bonds is 7. The largest absolute Gasteiger partial charge is 0.370 e. The van der Waals surface area contributed by atoms with Crippen molar-refractivity contribution in [3.63, 3.8) is 0 Å². The van der Waals surface area contributed by atoms with Crippen LogP contribution in [0.25, 0.3) is 16.9 Å². The molecule has 0 unspecified atom stereocenters. The van der Waals surface area contributed by atoms with Crippen molar-refractivity contribution in [2.75, 3.05) is 11.9 Å². The number of hydrogen-bond donors (Lipinski definition) is 3. The summed E-state index contributed by atoms with van der Waals surface area (Å²) in [6, 6.07) is 18.8. The summed E-state index contributed by atoms with van der Waals surface area (Å²) >= 11 is 0. The average Bonchev–Trinajstić information content (AvgIpc) is 3.34. The van der Waals surface area contributed by atoms with Crippen molar-refractivity contribution in [2.45, 2.75) is 25.3 Å². The molecule has 0 aliphatic carbocycles. The summed E-state index contributed by atoms with van der Waals surface area (Å²) in [6.45, 7) is 9.60. The van der Waals surface area contributed by atoms with Gasteiger partial charge >= 0.3 is 0 Å². The fourth-order valence-electron chi connectivity index (χ4n) is 3.61. The van der Waals surface area contributed by atoms with Gasteiger partial charge in [0.1, 0.15) is 0 Å². The lowest BCUT2D eigenvalue weighted by Crippen LogP contribution is -2.28. The van der Waals surface area contributed by atoms with E-state index in [1.165, 1.54) is 0 Å². The lowest BCUT2D eigenvalue weighted by molar-refractivity contribution is 0.0226. The van der Waals surface area contributed by atoms with E-state index in [9.17, 15) is 8.78 Å². The van der Waals surface area contributed by atoms with Gasteiger partial charge in [0, 0.05) is 30.3 Å². The van der Waals surface area contributed by atoms with Crippen molar-refractivity contribution in [3.05, 3.63) is 90.9 Å². The second-order valence-corrected chi connectivity index (χ2v) is 7.82. The fourth-order valence-corrected chi connectivity index (χ4v) is 3.61. The van der Waals surface area contributed by atoms with Crippen molar-refractivity contribution in [1.82, 2.24) is 20.4 Å². The van der Waals surface area contributed by atoms with Gasteiger partial charge in [-0.05, 0) is 30.7 Å². The molecular weight excluding hydrogens is 396 g/mol. The lowest BCUT2D eigenvalue weighted by atomic mass is 10.0. The molecule has 1 aliphatic heterocycles. The molecule has 0 spiro atoms. The minimum atomic E-state index is -2.77. The van der Waals surface area contributed by atoms with Gasteiger partial charge in [-0.2, -0.15) is 0 Å². The van der Waals surface area contributed by atoms with E-state index in [1.54, 1.807) is 22.9 Å². The Labute approximate surface area is 180 Å². The third-order valence-electron chi connectivity index (χ3n) is 5.02. The highest BCUT2D eigenvalue weighted by molar-refractivity contribution is 5.67. The Hall–Kier alpha value is -3.61. The predicted octanol–water partition coefficient (Wildman–Crippen LogP) is 4.70. The monoisotopic (exact) mass is 421 g/mol. The Kier molecular flexibility index (Phi) is 5.50. The molecule has 7 heteroatoms. The Morgan fingerprint density at radius 3 is 2.65 bits per heavy atom. The van der Waals surface area contributed by atoms with Crippen LogP contribution in [0, 0.1) is 0 Å². The Balaban J connectivity index is 1.69. The van der Waals surface area contributed by atoms with Crippen LogP contribution in [0.3, 0.4) is 0 Å². The number of benzene rings is 2. The van der Waals surface area contributed by atoms with Crippen LogP contribution in [0.2, 0.25) is 0 Å². The summed E-state index contributed by atoms with van der Waals surface area (Å²) in [6.07, 6.45) is -0.313. The fraction of sp³-hybridized carbons (Fsp3) is 0.208. The lowest BCUT2D eigenvalue weighted by Gasteiger charge is -2.13. The Morgan fingerprint density at radius 2 is 1.97 bits per heavy atom. The predicted molar refractivity (Wildman–Crippen MR) is 120 cm³/mol. The molecule has 2 heterocycles. The zero-order valence-corrected chi connectivity index (χ0v) is 17.3. The van der Waals surface area contributed by atoms with Crippen molar-refractivity contribution in [1.29, 1.82) is 0 Å². The zero-order valence-electron chi connectivity index (χ0n) is 17.3. The van der Waals surface area contributed by atoms with Gasteiger partial charge in [0.15, 0.2) is 5.82 Å². The van der Waals surface area contributed by atoms with E-state index < -0.39 is 5.92 Å². The van der Waals surface area contributed by atoms with Gasteiger partial charge in [0.2, 0.25) is 5.92 Å². The molecule has 1 fully saturated rings. The van der Waals surface area contributed by atoms with E-state index >= 15 is 0 Å². The number of halogens is 2. The third kappa shape index (κ3) is 4.94. The average molecular weight is 421 g/mol. The number of hydrogen-bond acceptors (Lipinski definition) is 4. The summed E-state index contributed by atoms with van der Waals surface area (Å²) in [5.41, 5.74) is 3.81. The van der Waals surface area contributed by atoms with Crippen LogP contribution in [-0.4, -0.2) is 28.3 Å². The van der Waals surface area contributed by atoms with Crippen molar-refractivity contribution in [3.8, 4) is 16.9 Å². The summed E-state index contributed by atoms with van der Waals surface area (Å²) in [4.78, 5) is 0. The first-order chi connectivity index (χ1) is 14.8. The van der Waals surface area contributed by atoms with Crippen molar-refractivity contribution < 1.29 is 8.78 Å². The second kappa shape index (κ2) is 8.26. The molecule has 0 radical (unpaired) electrons. The molecule has 0 saturated carbocycles. The quantitative estimate of drug-likeness (QED) is 0.518. The summed E-state index contributed by atoms with van der Waals surface area (Å²) in [5.74, 6) is -1.39. The van der Waals surface area contributed by atoms with E-state index in [0.717, 1.165) is 35.4 Å². The van der Waals surface area contributed by atoms with E-state index in [4.69, 9.17) is 5.10 Å². The summed E-state index contributed by atoms with van der Waals surface area (Å²) in [5, 5.41) is 14.3. The van der Waals surface area contributed by atoms with Gasteiger partial charge in [-0.1, -0.05) is 49.6 Å². The van der Waals surface area contributed by atoms with Gasteiger partial charge in [0.05, 0.1) is 23.2 Å². The molecule has 3 aromatic rings. The van der Waals surface area contributed by atoms with Crippen LogP contribution < -0.4 is 16.0 Å². The molecule has 2 aromatic carbocycles. The smallest absolute Gasteiger partial charge is 0.249 e. The maximum Gasteiger partial charge on any atom is 0.249 e. The molecule has 4 rings (SSSR count). The molecule has 3 N–H and O–H groups in total. The molecule has 5 nitrogen and oxygen atoms in total. The highest BCUT2D eigenvalue weighted by Gasteiger charge is 2.23. The molecule has 1 aliphatic rings. The Bertz CT molecular complexity index is 1100. The second-order valence-electron chi connectivity index (χ2n) is 7.82. The number of nitrogens with one attached hydrogen (secondary N) is 3. The zero-order chi connectivity index (χ0) is 22.0. The number of nitrogens with zero attached hydrogens (tertiary/aromatic N) is 2. The van der Waals surface area contributed by atoms with Crippen molar-refractivity contribution in [2.24, 2.45) is 0 Å². The highest BCUT2D eigenvalue weighted by atomic mass is 19.3. The molecule has 1 aromatic heterocycles. The first-order valence-electron chi connectivity index (χ1n) is 10.1. The first kappa shape index (κ1) is 20.7. The van der Waals surface area contributed by atoms with E-state index in [2.05, 4.69) is 29.1 Å². The number of aromatic nitrogens is 2. The summed E-state index contributed by atoms with van der Waals surface area (Å²) < 4.78 is 28.9. The molecular formula is C24H25F2N5. The molecule has 0 bridgehead atoms. The maximum atomic E-state index is 13.6. The standard InChI is InChI=1S/C24H25F2N5/c1-16(21-15-27-17(2)29-21)28-23-13-22(31(30-23)20-10-5-4-6-11-20)19-9-7-8-18(12-19)14-24(3,25)26/h4-13,21,27,29H,1-2,14-15H2,3H3,(H,28,30)/t21-/m0/s1. The van der Waals surface area contributed by atoms with Gasteiger partial charge in [-0.3, -0.25) is 0 Å². The molecule has 1 saturated heterocycles. The minimum absolute atomic E-state index is 0.00654. The number of para-hydroxylation sites is 1. The topological polar surface area (TPSA) is 53.9 Å². The molecule has 31 heavy (non-hydrogen) atoms. The first-order valence-corrected chi connectivity index (χ1v) is 10.1. The van der Waals surface area contributed by atoms with Gasteiger partial charge in [0.25, 0.3) is 0 Å². The minimum Gasteiger partial charge on any atom is -0.370 e. The Morgan fingerprint density at radius 1 is 1.19 bits per heavy atom. The molecule has 160 valence electrons. The SMILES string of the molecule is C=C1NC[C@@H](C(=C)Nc2cc(-c3cccc(CC(C)(F)F)c3)n(-c3ccccc3)n2)N1. The normalized spacial score (nSPS) is 16.0. The van der Waals surface area contributed by atoms with E-state index in [-0.39, 0.29) is 12.5 Å². The van der Waals surface area contributed by atoms with Crippen LogP contribution >= 0.6 is 0 Å². The highest BCUT2D eigenvalue weighted by Crippen LogP contribution is 2.29. The number of anilines is 1. The van der Waals surface area contributed by atoms with Crippen molar-refractivity contribution >= 4 is 5.82 Å². The van der Waals surface area contributed by atoms with Crippen LogP contribution in [0.4, 0.5) is 14.6 Å². The van der Waals surface area contributed by atoms with Crippen LogP contribution in [0.5, 0.6) is 0 Å². The van der Waals surface area contributed by atoms with Crippen LogP contribution in [-0.2, 0) is 6.42 Å². The maximum absolute atomic E-state index is 13.6. The van der Waals surface area contributed by atoms with Gasteiger partial charge in [-0.15, -0.1) is 5.10 Å². The van der Waals surface area contributed by atoms with Crippen LogP contribution in [0.15, 0.2) is 85.3 Å². The van der Waals surface area contributed by atoms with Gasteiger partial charge in [-0.25, -0.2) is 13.5 Å². The van der Waals surface area contributed by atoms with E-state index in [0.29, 0.717) is 17.9 Å². The molecule has 0 amide bonds. The number of alkyl halides is 2. The third-order valence-corrected chi connectivity index (χ3v) is 5.02. The molecule has 1 atom stereocenters. The van der Waals surface area contributed by atoms with E-state index in [1.807, 2.05) is 42.5 Å². The van der Waals surface area contributed by atoms with Crippen LogP contribution in [0.1, 0.15) is 12.5 Å². The summed E-state index contributed by atoms with van der Waals surface area (Å²) in [7, 11) is 0. The van der Waals surface area contributed by atoms with Gasteiger partial charge < -0.3 is 16.0 Å².